The van der Waals surface area contributed by atoms with Crippen LogP contribution in [0.5, 0.6) is 0 Å². The third-order valence-electron chi connectivity index (χ3n) is 5.35. The SMILES string of the molecule is CCS[C@@H]1O[C@H](C(=O)OC)[C@@H](OC(=O)CCC(C)=O)[C@H](OCc2ccccc2)[C@H]1OC(=O)C(C)(C)C. The Kier molecular flexibility index (Phi) is 11.4. The summed E-state index contributed by atoms with van der Waals surface area (Å²) < 4.78 is 28.7. The van der Waals surface area contributed by atoms with Crippen molar-refractivity contribution in [1.82, 2.24) is 0 Å². The molecule has 1 aliphatic rings. The number of carbonyl (C=O) groups is 4. The molecule has 1 aromatic rings. The lowest BCUT2D eigenvalue weighted by Gasteiger charge is -2.44. The van der Waals surface area contributed by atoms with Gasteiger partial charge in [-0.25, -0.2) is 4.79 Å². The summed E-state index contributed by atoms with van der Waals surface area (Å²) in [5, 5.41) is 0. The molecule has 0 N–H and O–H groups in total. The summed E-state index contributed by atoms with van der Waals surface area (Å²) in [6.07, 6.45) is -4.80. The van der Waals surface area contributed by atoms with Crippen LogP contribution in [-0.4, -0.2) is 66.4 Å². The molecule has 0 bridgehead atoms. The number of methoxy groups -OCH3 is 1. The lowest BCUT2D eigenvalue weighted by atomic mass is 9.95. The Balaban J connectivity index is 2.47. The van der Waals surface area contributed by atoms with Crippen molar-refractivity contribution in [2.24, 2.45) is 5.41 Å². The lowest BCUT2D eigenvalue weighted by molar-refractivity contribution is -0.241. The fourth-order valence-corrected chi connectivity index (χ4v) is 4.34. The molecule has 10 heteroatoms. The zero-order valence-electron chi connectivity index (χ0n) is 21.7. The van der Waals surface area contributed by atoms with Crippen LogP contribution in [0.3, 0.4) is 0 Å². The van der Waals surface area contributed by atoms with E-state index in [1.54, 1.807) is 20.8 Å². The zero-order valence-corrected chi connectivity index (χ0v) is 22.5. The minimum absolute atomic E-state index is 0.0123. The Morgan fingerprint density at radius 2 is 1.64 bits per heavy atom. The van der Waals surface area contributed by atoms with Crippen molar-refractivity contribution in [3.63, 3.8) is 0 Å². The van der Waals surface area contributed by atoms with E-state index in [9.17, 15) is 19.2 Å². The summed E-state index contributed by atoms with van der Waals surface area (Å²) >= 11 is 1.33. The van der Waals surface area contributed by atoms with Crippen LogP contribution >= 0.6 is 11.8 Å². The minimum atomic E-state index is -1.31. The van der Waals surface area contributed by atoms with Gasteiger partial charge in [0.2, 0.25) is 0 Å². The summed E-state index contributed by atoms with van der Waals surface area (Å²) in [5.74, 6) is -1.54. The lowest BCUT2D eigenvalue weighted by Crippen LogP contribution is -2.62. The molecule has 1 aromatic carbocycles. The summed E-state index contributed by atoms with van der Waals surface area (Å²) in [6, 6.07) is 9.30. The van der Waals surface area contributed by atoms with Gasteiger partial charge in [0.25, 0.3) is 0 Å². The first-order valence-electron chi connectivity index (χ1n) is 11.9. The van der Waals surface area contributed by atoms with Gasteiger partial charge < -0.3 is 28.5 Å². The van der Waals surface area contributed by atoms with Crippen LogP contribution in [0, 0.1) is 5.41 Å². The normalized spacial score (nSPS) is 24.0. The second kappa shape index (κ2) is 13.8. The van der Waals surface area contributed by atoms with Crippen molar-refractivity contribution in [2.75, 3.05) is 12.9 Å². The second-order valence-corrected chi connectivity index (χ2v) is 10.8. The van der Waals surface area contributed by atoms with Gasteiger partial charge >= 0.3 is 17.9 Å². The van der Waals surface area contributed by atoms with Gasteiger partial charge in [-0.3, -0.25) is 9.59 Å². The van der Waals surface area contributed by atoms with E-state index in [-0.39, 0.29) is 25.2 Å². The number of carbonyl (C=O) groups excluding carboxylic acids is 4. The van der Waals surface area contributed by atoms with Gasteiger partial charge in [-0.15, -0.1) is 11.8 Å². The number of rotatable bonds is 11. The Labute approximate surface area is 216 Å². The molecule has 1 saturated heterocycles. The highest BCUT2D eigenvalue weighted by atomic mass is 32.2. The van der Waals surface area contributed by atoms with Gasteiger partial charge in [-0.05, 0) is 39.0 Å². The highest BCUT2D eigenvalue weighted by Gasteiger charge is 2.54. The van der Waals surface area contributed by atoms with Gasteiger partial charge in [0.1, 0.15) is 17.3 Å². The van der Waals surface area contributed by atoms with Gasteiger partial charge in [0, 0.05) is 6.42 Å². The molecule has 0 unspecified atom stereocenters. The average Bonchev–Trinajstić information content (AvgIpc) is 2.83. The van der Waals surface area contributed by atoms with E-state index < -0.39 is 53.2 Å². The number of hydrogen-bond donors (Lipinski definition) is 0. The van der Waals surface area contributed by atoms with Crippen molar-refractivity contribution >= 4 is 35.5 Å². The maximum atomic E-state index is 12.9. The fraction of sp³-hybridized carbons (Fsp3) is 0.615. The van der Waals surface area contributed by atoms with Crippen molar-refractivity contribution in [3.05, 3.63) is 35.9 Å². The number of Topliss-reactive ketones (excluding diaryl/α,β-unsaturated/α-hetero) is 1. The molecule has 0 aromatic heterocycles. The molecule has 200 valence electrons. The van der Waals surface area contributed by atoms with E-state index in [1.165, 1.54) is 25.8 Å². The van der Waals surface area contributed by atoms with Crippen LogP contribution in [-0.2, 0) is 49.5 Å². The quantitative estimate of drug-likeness (QED) is 0.315. The van der Waals surface area contributed by atoms with Gasteiger partial charge in [-0.2, -0.15) is 0 Å². The Bertz CT molecular complexity index is 896. The molecule has 0 saturated carbocycles. The Morgan fingerprint density at radius 3 is 2.19 bits per heavy atom. The monoisotopic (exact) mass is 524 g/mol. The van der Waals surface area contributed by atoms with Crippen molar-refractivity contribution < 1.29 is 42.9 Å². The minimum Gasteiger partial charge on any atom is -0.467 e. The molecule has 0 aliphatic carbocycles. The van der Waals surface area contributed by atoms with Gasteiger partial charge in [0.15, 0.2) is 18.3 Å². The molecule has 36 heavy (non-hydrogen) atoms. The average molecular weight is 525 g/mol. The molecule has 1 fully saturated rings. The van der Waals surface area contributed by atoms with Crippen molar-refractivity contribution in [2.45, 2.75) is 83.9 Å². The highest BCUT2D eigenvalue weighted by Crippen LogP contribution is 2.36. The largest absolute Gasteiger partial charge is 0.467 e. The first kappa shape index (κ1) is 29.8. The van der Waals surface area contributed by atoms with E-state index in [4.69, 9.17) is 23.7 Å². The standard InChI is InChI=1S/C26H36O9S/c1-7-36-24-22(35-25(30)26(3,4)5)19(32-15-17-11-9-8-10-12-17)20(21(34-24)23(29)31-6)33-18(28)14-13-16(2)27/h8-12,19-22,24H,7,13-15H2,1-6H3/t19-,20-,21-,22+,24-/m0/s1. The molecule has 0 radical (unpaired) electrons. The summed E-state index contributed by atoms with van der Waals surface area (Å²) in [4.78, 5) is 49.6. The third kappa shape index (κ3) is 8.60. The van der Waals surface area contributed by atoms with Gasteiger partial charge in [0.05, 0.1) is 25.6 Å². The van der Waals surface area contributed by atoms with Crippen molar-refractivity contribution in [1.29, 1.82) is 0 Å². The molecule has 5 atom stereocenters. The van der Waals surface area contributed by atoms with Crippen LogP contribution in [0.15, 0.2) is 30.3 Å². The zero-order chi connectivity index (χ0) is 26.9. The predicted molar refractivity (Wildman–Crippen MR) is 133 cm³/mol. The number of thioether (sulfide) groups is 1. The summed E-state index contributed by atoms with van der Waals surface area (Å²) in [5.41, 5.74) is -0.766. The van der Waals surface area contributed by atoms with Crippen molar-refractivity contribution in [3.8, 4) is 0 Å². The topological polar surface area (TPSA) is 114 Å². The molecular weight excluding hydrogens is 488 g/mol. The maximum Gasteiger partial charge on any atom is 0.339 e. The van der Waals surface area contributed by atoms with E-state index in [0.29, 0.717) is 5.75 Å². The summed E-state index contributed by atoms with van der Waals surface area (Å²) in [6.45, 7) is 8.53. The number of benzene rings is 1. The first-order chi connectivity index (χ1) is 17.0. The van der Waals surface area contributed by atoms with Crippen LogP contribution in [0.25, 0.3) is 0 Å². The third-order valence-corrected chi connectivity index (χ3v) is 6.39. The number of ketones is 1. The van der Waals surface area contributed by atoms with Gasteiger partial charge in [-0.1, -0.05) is 37.3 Å². The fourth-order valence-electron chi connectivity index (χ4n) is 3.41. The van der Waals surface area contributed by atoms with E-state index in [1.807, 2.05) is 37.3 Å². The molecular formula is C26H36O9S. The van der Waals surface area contributed by atoms with E-state index in [2.05, 4.69) is 0 Å². The first-order valence-corrected chi connectivity index (χ1v) is 12.9. The van der Waals surface area contributed by atoms with Crippen LogP contribution in [0.2, 0.25) is 0 Å². The van der Waals surface area contributed by atoms with E-state index in [0.717, 1.165) is 5.56 Å². The molecule has 1 aliphatic heterocycles. The van der Waals surface area contributed by atoms with Crippen LogP contribution < -0.4 is 0 Å². The predicted octanol–water partition coefficient (Wildman–Crippen LogP) is 3.46. The Morgan fingerprint density at radius 1 is 0.972 bits per heavy atom. The molecule has 0 amide bonds. The molecule has 9 nitrogen and oxygen atoms in total. The van der Waals surface area contributed by atoms with Crippen LogP contribution in [0.4, 0.5) is 0 Å². The molecule has 2 rings (SSSR count). The maximum absolute atomic E-state index is 12.9. The molecule has 0 spiro atoms. The number of ether oxygens (including phenoxy) is 5. The second-order valence-electron chi connectivity index (χ2n) is 9.44. The van der Waals surface area contributed by atoms with E-state index >= 15 is 0 Å². The number of hydrogen-bond acceptors (Lipinski definition) is 10. The summed E-state index contributed by atoms with van der Waals surface area (Å²) in [7, 11) is 1.20. The van der Waals surface area contributed by atoms with Crippen LogP contribution in [0.1, 0.15) is 53.0 Å². The Hall–Kier alpha value is -2.43. The highest BCUT2D eigenvalue weighted by molar-refractivity contribution is 7.99. The smallest absolute Gasteiger partial charge is 0.339 e. The molecule has 1 heterocycles. The number of esters is 3.